The Labute approximate surface area is 126 Å². The molecule has 0 saturated carbocycles. The lowest BCUT2D eigenvalue weighted by Gasteiger charge is -2.21. The van der Waals surface area contributed by atoms with Crippen molar-refractivity contribution < 1.29 is 23.2 Å². The van der Waals surface area contributed by atoms with Gasteiger partial charge in [0.05, 0.1) is 4.92 Å². The Kier molecular flexibility index (Phi) is 4.92. The minimum Gasteiger partial charge on any atom is -0.480 e. The van der Waals surface area contributed by atoms with E-state index in [1.165, 1.54) is 13.8 Å². The van der Waals surface area contributed by atoms with Gasteiger partial charge < -0.3 is 5.11 Å². The number of nitro groups is 1. The van der Waals surface area contributed by atoms with Gasteiger partial charge in [0.2, 0.25) is 10.0 Å². The summed E-state index contributed by atoms with van der Waals surface area (Å²) in [5, 5.41) is 19.2. The van der Waals surface area contributed by atoms with Gasteiger partial charge in [-0.15, -0.1) is 0 Å². The summed E-state index contributed by atoms with van der Waals surface area (Å²) in [5.74, 6) is -1.35. The molecular weight excluding hydrogens is 324 g/mol. The average Bonchev–Trinajstić information content (AvgIpc) is 2.38. The maximum Gasteiger partial charge on any atom is 0.321 e. The van der Waals surface area contributed by atoms with Gasteiger partial charge in [-0.05, 0) is 25.5 Å². The average molecular weight is 337 g/mol. The number of carboxylic acid groups (broad SMARTS) is 1. The Morgan fingerprint density at radius 2 is 2.00 bits per heavy atom. The Balaban J connectivity index is 3.52. The highest BCUT2D eigenvalue weighted by Crippen LogP contribution is 2.34. The van der Waals surface area contributed by atoms with Gasteiger partial charge in [0, 0.05) is 13.1 Å². The summed E-state index contributed by atoms with van der Waals surface area (Å²) in [6, 6.07) is 0.961. The number of rotatable bonds is 5. The fourth-order valence-corrected chi connectivity index (χ4v) is 3.51. The molecule has 0 aromatic heterocycles. The number of halogens is 1. The van der Waals surface area contributed by atoms with Gasteiger partial charge in [-0.25, -0.2) is 8.42 Å². The van der Waals surface area contributed by atoms with Crippen LogP contribution >= 0.6 is 11.6 Å². The predicted octanol–water partition coefficient (Wildman–Crippen LogP) is 1.65. The summed E-state index contributed by atoms with van der Waals surface area (Å²) >= 11 is 5.79. The zero-order valence-electron chi connectivity index (χ0n) is 11.4. The number of carbonyl (C=O) groups is 1. The third-order valence-corrected chi connectivity index (χ3v) is 5.38. The van der Waals surface area contributed by atoms with Crippen LogP contribution in [0.3, 0.4) is 0 Å². The van der Waals surface area contributed by atoms with Crippen LogP contribution in [0.5, 0.6) is 0 Å². The predicted molar refractivity (Wildman–Crippen MR) is 74.9 cm³/mol. The normalized spacial score (nSPS) is 13.2. The second-order valence-corrected chi connectivity index (χ2v) is 6.73. The largest absolute Gasteiger partial charge is 0.480 e. The number of carboxylic acids is 1. The number of nitrogens with zero attached hydrogens (tertiary/aromatic N) is 2. The number of benzene rings is 1. The molecule has 0 aliphatic rings. The van der Waals surface area contributed by atoms with Crippen molar-refractivity contribution in [3.8, 4) is 0 Å². The zero-order chi connectivity index (χ0) is 16.5. The van der Waals surface area contributed by atoms with Crippen LogP contribution in [0.25, 0.3) is 0 Å². The monoisotopic (exact) mass is 336 g/mol. The van der Waals surface area contributed by atoms with Gasteiger partial charge in [0.15, 0.2) is 0 Å². The molecule has 0 fully saturated rings. The van der Waals surface area contributed by atoms with E-state index in [1.807, 2.05) is 0 Å². The van der Waals surface area contributed by atoms with Crippen molar-refractivity contribution in [2.75, 3.05) is 7.05 Å². The minimum absolute atomic E-state index is 0.320. The standard InChI is InChI=1S/C11H13ClN2O6S/c1-6-4-8(14(17)18)10(12)9(5-6)21(19,20)13(3)7(2)11(15)16/h4-5,7H,1-3H3,(H,15,16). The van der Waals surface area contributed by atoms with Crippen molar-refractivity contribution in [2.24, 2.45) is 0 Å². The van der Waals surface area contributed by atoms with E-state index in [-0.39, 0.29) is 0 Å². The van der Waals surface area contributed by atoms with Crippen LogP contribution in [0.15, 0.2) is 17.0 Å². The summed E-state index contributed by atoms with van der Waals surface area (Å²) in [6.07, 6.45) is 0. The second kappa shape index (κ2) is 5.96. The van der Waals surface area contributed by atoms with E-state index in [2.05, 4.69) is 0 Å². The lowest BCUT2D eigenvalue weighted by Crippen LogP contribution is -2.40. The summed E-state index contributed by atoms with van der Waals surface area (Å²) in [6.45, 7) is 2.65. The van der Waals surface area contributed by atoms with Gasteiger partial charge in [-0.2, -0.15) is 4.31 Å². The molecular formula is C11H13ClN2O6S. The highest BCUT2D eigenvalue weighted by Gasteiger charge is 2.33. The maximum absolute atomic E-state index is 12.4. The van der Waals surface area contributed by atoms with Crippen LogP contribution < -0.4 is 0 Å². The molecule has 0 amide bonds. The smallest absolute Gasteiger partial charge is 0.321 e. The van der Waals surface area contributed by atoms with Gasteiger partial charge in [0.1, 0.15) is 16.0 Å². The van der Waals surface area contributed by atoms with Crippen LogP contribution in [0.2, 0.25) is 5.02 Å². The molecule has 8 nitrogen and oxygen atoms in total. The topological polar surface area (TPSA) is 118 Å². The quantitative estimate of drug-likeness (QED) is 0.645. The first-order valence-corrected chi connectivity index (χ1v) is 7.47. The summed E-state index contributed by atoms with van der Waals surface area (Å²) in [7, 11) is -3.21. The second-order valence-electron chi connectivity index (χ2n) is 4.39. The first kappa shape index (κ1) is 17.3. The first-order chi connectivity index (χ1) is 9.50. The third kappa shape index (κ3) is 3.31. The molecule has 1 atom stereocenters. The Bertz CT molecular complexity index is 703. The molecule has 1 aromatic rings. The van der Waals surface area contributed by atoms with E-state index in [4.69, 9.17) is 16.7 Å². The fourth-order valence-electron chi connectivity index (χ4n) is 1.56. The molecule has 0 bridgehead atoms. The van der Waals surface area contributed by atoms with Crippen molar-refractivity contribution >= 4 is 33.3 Å². The molecule has 116 valence electrons. The molecule has 0 aliphatic carbocycles. The lowest BCUT2D eigenvalue weighted by molar-refractivity contribution is -0.385. The number of aliphatic carboxylic acids is 1. The molecule has 1 unspecified atom stereocenters. The van der Waals surface area contributed by atoms with Crippen molar-refractivity contribution in [1.82, 2.24) is 4.31 Å². The van der Waals surface area contributed by atoms with Crippen molar-refractivity contribution in [2.45, 2.75) is 24.8 Å². The maximum atomic E-state index is 12.4. The molecule has 0 aliphatic heterocycles. The number of aryl methyl sites for hydroxylation is 1. The van der Waals surface area contributed by atoms with E-state index >= 15 is 0 Å². The number of sulfonamides is 1. The highest BCUT2D eigenvalue weighted by molar-refractivity contribution is 7.89. The SMILES string of the molecule is Cc1cc([N+](=O)[O-])c(Cl)c(S(=O)(=O)N(C)C(C)C(=O)O)c1. The number of likely N-dealkylation sites (N-methyl/N-ethyl adjacent to an activating group) is 1. The van der Waals surface area contributed by atoms with Crippen LogP contribution in [0, 0.1) is 17.0 Å². The van der Waals surface area contributed by atoms with Gasteiger partial charge >= 0.3 is 5.97 Å². The zero-order valence-corrected chi connectivity index (χ0v) is 13.0. The van der Waals surface area contributed by atoms with Crippen LogP contribution in [0.1, 0.15) is 12.5 Å². The molecule has 0 radical (unpaired) electrons. The molecule has 1 rings (SSSR count). The van der Waals surface area contributed by atoms with E-state index in [1.54, 1.807) is 0 Å². The molecule has 21 heavy (non-hydrogen) atoms. The molecule has 0 heterocycles. The Hall–Kier alpha value is -1.71. The number of hydrogen-bond acceptors (Lipinski definition) is 5. The summed E-state index contributed by atoms with van der Waals surface area (Å²) in [4.78, 5) is 20.5. The van der Waals surface area contributed by atoms with Gasteiger partial charge in [-0.3, -0.25) is 14.9 Å². The van der Waals surface area contributed by atoms with Crippen molar-refractivity contribution in [1.29, 1.82) is 0 Å². The van der Waals surface area contributed by atoms with Crippen molar-refractivity contribution in [3.63, 3.8) is 0 Å². The van der Waals surface area contributed by atoms with Crippen LogP contribution in [-0.4, -0.2) is 41.8 Å². The summed E-state index contributed by atoms with van der Waals surface area (Å²) in [5.41, 5.74) is -0.229. The fraction of sp³-hybridized carbons (Fsp3) is 0.364. The van der Waals surface area contributed by atoms with Crippen LogP contribution in [0.4, 0.5) is 5.69 Å². The molecule has 10 heteroatoms. The molecule has 1 N–H and O–H groups in total. The van der Waals surface area contributed by atoms with E-state index in [9.17, 15) is 23.3 Å². The Morgan fingerprint density at radius 1 is 1.48 bits per heavy atom. The van der Waals surface area contributed by atoms with Crippen molar-refractivity contribution in [3.05, 3.63) is 32.8 Å². The number of hydrogen-bond donors (Lipinski definition) is 1. The van der Waals surface area contributed by atoms with Gasteiger partial charge in [0.25, 0.3) is 5.69 Å². The van der Waals surface area contributed by atoms with E-state index in [0.717, 1.165) is 19.2 Å². The van der Waals surface area contributed by atoms with Gasteiger partial charge in [-0.1, -0.05) is 11.6 Å². The van der Waals surface area contributed by atoms with E-state index < -0.39 is 42.6 Å². The number of nitro benzene ring substituents is 1. The molecule has 0 spiro atoms. The molecule has 1 aromatic carbocycles. The molecule has 0 saturated heterocycles. The third-order valence-electron chi connectivity index (χ3n) is 2.92. The minimum atomic E-state index is -4.28. The summed E-state index contributed by atoms with van der Waals surface area (Å²) < 4.78 is 25.4. The first-order valence-electron chi connectivity index (χ1n) is 5.65. The highest BCUT2D eigenvalue weighted by atomic mass is 35.5. The lowest BCUT2D eigenvalue weighted by atomic mass is 10.2. The van der Waals surface area contributed by atoms with E-state index in [0.29, 0.717) is 9.87 Å². The van der Waals surface area contributed by atoms with Crippen LogP contribution in [-0.2, 0) is 14.8 Å². The Morgan fingerprint density at radius 3 is 2.43 bits per heavy atom.